The van der Waals surface area contributed by atoms with Gasteiger partial charge in [0.15, 0.2) is 0 Å². The Bertz CT molecular complexity index is 404. The minimum atomic E-state index is -0.763. The van der Waals surface area contributed by atoms with Gasteiger partial charge in [-0.2, -0.15) is 0 Å². The summed E-state index contributed by atoms with van der Waals surface area (Å²) in [5.41, 5.74) is -0.913. The Kier molecular flexibility index (Phi) is 2.63. The summed E-state index contributed by atoms with van der Waals surface area (Å²) in [6, 6.07) is 0. The molecule has 2 saturated heterocycles. The fourth-order valence-electron chi connectivity index (χ4n) is 4.01. The standard InChI is InChI=1S/C15H24O4/c1-4-14-15(18-14,19-14)10-13(3,11(16)17)12(2)8-6-5-7-9-12/h4-10H2,1-3H3,(H,16,17). The summed E-state index contributed by atoms with van der Waals surface area (Å²) in [7, 11) is 0. The van der Waals surface area contributed by atoms with E-state index in [4.69, 9.17) is 9.47 Å². The van der Waals surface area contributed by atoms with E-state index in [1.807, 2.05) is 13.8 Å². The molecule has 2 heterocycles. The molecular formula is C15H24O4. The van der Waals surface area contributed by atoms with Crippen LogP contribution in [0.3, 0.4) is 0 Å². The molecule has 0 aromatic carbocycles. The number of carbonyl (C=O) groups is 1. The van der Waals surface area contributed by atoms with Crippen molar-refractivity contribution in [3.05, 3.63) is 0 Å². The molecule has 19 heavy (non-hydrogen) atoms. The number of aliphatic carboxylic acids is 1. The average molecular weight is 268 g/mol. The predicted octanol–water partition coefficient (Wildman–Crippen LogP) is 3.30. The van der Waals surface area contributed by atoms with E-state index in [1.165, 1.54) is 6.42 Å². The molecule has 0 spiro atoms. The minimum absolute atomic E-state index is 0.150. The minimum Gasteiger partial charge on any atom is -0.481 e. The van der Waals surface area contributed by atoms with Crippen molar-refractivity contribution in [3.63, 3.8) is 0 Å². The smallest absolute Gasteiger partial charge is 0.310 e. The molecule has 1 aliphatic carbocycles. The molecule has 0 aromatic rings. The molecule has 1 unspecified atom stereocenters. The Hall–Kier alpha value is -0.610. The molecule has 108 valence electrons. The van der Waals surface area contributed by atoms with Crippen LogP contribution in [0.2, 0.25) is 0 Å². The first-order chi connectivity index (χ1) is 8.83. The quantitative estimate of drug-likeness (QED) is 0.777. The van der Waals surface area contributed by atoms with E-state index in [2.05, 4.69) is 6.92 Å². The molecule has 2 aliphatic heterocycles. The topological polar surface area (TPSA) is 62.4 Å². The van der Waals surface area contributed by atoms with Crippen LogP contribution >= 0.6 is 0 Å². The van der Waals surface area contributed by atoms with Crippen molar-refractivity contribution in [1.29, 1.82) is 0 Å². The van der Waals surface area contributed by atoms with Crippen LogP contribution in [0, 0.1) is 10.8 Å². The zero-order valence-corrected chi connectivity index (χ0v) is 12.1. The van der Waals surface area contributed by atoms with Gasteiger partial charge in [0.05, 0.1) is 5.41 Å². The van der Waals surface area contributed by atoms with E-state index in [-0.39, 0.29) is 5.41 Å². The lowest BCUT2D eigenvalue weighted by Crippen LogP contribution is -2.47. The Morgan fingerprint density at radius 2 is 1.79 bits per heavy atom. The number of hydrogen-bond acceptors (Lipinski definition) is 3. The highest BCUT2D eigenvalue weighted by Crippen LogP contribution is 2.74. The third-order valence-electron chi connectivity index (χ3n) is 5.97. The third-order valence-corrected chi connectivity index (χ3v) is 5.97. The molecule has 4 heteroatoms. The molecule has 1 N–H and O–H groups in total. The van der Waals surface area contributed by atoms with Crippen molar-refractivity contribution in [2.24, 2.45) is 10.8 Å². The van der Waals surface area contributed by atoms with Gasteiger partial charge < -0.3 is 14.6 Å². The first-order valence-electron chi connectivity index (χ1n) is 7.47. The second kappa shape index (κ2) is 3.73. The van der Waals surface area contributed by atoms with Gasteiger partial charge in [0.2, 0.25) is 11.6 Å². The van der Waals surface area contributed by atoms with E-state index < -0.39 is 23.0 Å². The van der Waals surface area contributed by atoms with Crippen LogP contribution in [0.1, 0.15) is 65.7 Å². The molecule has 0 aromatic heterocycles. The number of epoxide rings is 2. The van der Waals surface area contributed by atoms with Crippen molar-refractivity contribution in [2.45, 2.75) is 77.3 Å². The highest BCUT2D eigenvalue weighted by molar-refractivity contribution is 5.75. The fraction of sp³-hybridized carbons (Fsp3) is 0.933. The summed E-state index contributed by atoms with van der Waals surface area (Å²) in [4.78, 5) is 11.9. The summed E-state index contributed by atoms with van der Waals surface area (Å²) < 4.78 is 11.3. The Balaban J connectivity index is 1.82. The maximum Gasteiger partial charge on any atom is 0.310 e. The van der Waals surface area contributed by atoms with Crippen molar-refractivity contribution in [1.82, 2.24) is 0 Å². The first kappa shape index (κ1) is 13.4. The van der Waals surface area contributed by atoms with Crippen LogP contribution in [-0.2, 0) is 14.3 Å². The van der Waals surface area contributed by atoms with Crippen molar-refractivity contribution >= 4 is 5.97 Å². The number of hydrogen-bond donors (Lipinski definition) is 1. The normalized spacial score (nSPS) is 42.1. The number of ether oxygens (including phenoxy) is 2. The summed E-state index contributed by atoms with van der Waals surface area (Å²) in [6.07, 6.45) is 6.76. The molecule has 3 aliphatic rings. The van der Waals surface area contributed by atoms with Gasteiger partial charge in [-0.05, 0) is 25.2 Å². The van der Waals surface area contributed by atoms with Gasteiger partial charge in [-0.25, -0.2) is 0 Å². The third kappa shape index (κ3) is 1.62. The van der Waals surface area contributed by atoms with Crippen molar-refractivity contribution < 1.29 is 19.4 Å². The van der Waals surface area contributed by atoms with E-state index in [0.29, 0.717) is 6.42 Å². The average Bonchev–Trinajstić information content (AvgIpc) is 3.15. The van der Waals surface area contributed by atoms with Gasteiger partial charge in [-0.1, -0.05) is 33.1 Å². The van der Waals surface area contributed by atoms with Crippen LogP contribution in [0.5, 0.6) is 0 Å². The highest BCUT2D eigenvalue weighted by Gasteiger charge is 2.91. The van der Waals surface area contributed by atoms with E-state index in [0.717, 1.165) is 32.1 Å². The number of carboxylic acid groups (broad SMARTS) is 1. The molecule has 0 bridgehead atoms. The first-order valence-corrected chi connectivity index (χ1v) is 7.47. The van der Waals surface area contributed by atoms with Gasteiger partial charge in [0.1, 0.15) is 0 Å². The Morgan fingerprint density at radius 3 is 2.21 bits per heavy atom. The number of fused-ring (bicyclic) bond motifs is 1. The molecule has 0 amide bonds. The van der Waals surface area contributed by atoms with Gasteiger partial charge in [0.25, 0.3) is 0 Å². The molecular weight excluding hydrogens is 244 g/mol. The lowest BCUT2D eigenvalue weighted by atomic mass is 9.57. The SMILES string of the molecule is CCC12OC1(CC(C)(C(=O)O)C1(C)CCCCC1)O2. The number of rotatable bonds is 5. The monoisotopic (exact) mass is 268 g/mol. The zero-order chi connectivity index (χ0) is 13.9. The second-order valence-electron chi connectivity index (χ2n) is 7.00. The van der Waals surface area contributed by atoms with Gasteiger partial charge >= 0.3 is 5.97 Å². The molecule has 3 fully saturated rings. The summed E-state index contributed by atoms with van der Waals surface area (Å²) in [5.74, 6) is -1.72. The molecule has 3 rings (SSSR count). The van der Waals surface area contributed by atoms with E-state index >= 15 is 0 Å². The molecule has 0 radical (unpaired) electrons. The molecule has 1 atom stereocenters. The fourth-order valence-corrected chi connectivity index (χ4v) is 4.01. The van der Waals surface area contributed by atoms with Crippen LogP contribution in [-0.4, -0.2) is 22.7 Å². The van der Waals surface area contributed by atoms with Crippen LogP contribution in [0.4, 0.5) is 0 Å². The summed E-state index contributed by atoms with van der Waals surface area (Å²) >= 11 is 0. The molecule has 1 saturated carbocycles. The van der Waals surface area contributed by atoms with E-state index in [9.17, 15) is 9.90 Å². The largest absolute Gasteiger partial charge is 0.481 e. The zero-order valence-electron chi connectivity index (χ0n) is 12.1. The summed E-state index contributed by atoms with van der Waals surface area (Å²) in [6.45, 7) is 6.05. The lowest BCUT2D eigenvalue weighted by molar-refractivity contribution is -0.169. The summed E-state index contributed by atoms with van der Waals surface area (Å²) in [5, 5.41) is 9.81. The van der Waals surface area contributed by atoms with Crippen LogP contribution in [0.15, 0.2) is 0 Å². The van der Waals surface area contributed by atoms with Crippen LogP contribution < -0.4 is 0 Å². The Labute approximate surface area is 114 Å². The second-order valence-corrected chi connectivity index (χ2v) is 7.00. The maximum absolute atomic E-state index is 11.9. The van der Waals surface area contributed by atoms with Crippen molar-refractivity contribution in [3.8, 4) is 0 Å². The van der Waals surface area contributed by atoms with Gasteiger partial charge in [0, 0.05) is 12.8 Å². The van der Waals surface area contributed by atoms with Gasteiger partial charge in [-0.15, -0.1) is 0 Å². The highest BCUT2D eigenvalue weighted by atomic mass is 17.0. The van der Waals surface area contributed by atoms with Crippen molar-refractivity contribution in [2.75, 3.05) is 0 Å². The predicted molar refractivity (Wildman–Crippen MR) is 69.5 cm³/mol. The van der Waals surface area contributed by atoms with E-state index in [1.54, 1.807) is 0 Å². The number of carboxylic acids is 1. The Morgan fingerprint density at radius 1 is 1.21 bits per heavy atom. The molecule has 4 nitrogen and oxygen atoms in total. The maximum atomic E-state index is 11.9. The van der Waals surface area contributed by atoms with Gasteiger partial charge in [-0.3, -0.25) is 4.79 Å². The lowest BCUT2D eigenvalue weighted by Gasteiger charge is -2.46. The van der Waals surface area contributed by atoms with Crippen LogP contribution in [0.25, 0.3) is 0 Å².